The van der Waals surface area contributed by atoms with Crippen molar-refractivity contribution >= 4 is 0 Å². The van der Waals surface area contributed by atoms with Gasteiger partial charge in [0.2, 0.25) is 0 Å². The van der Waals surface area contributed by atoms with E-state index in [0.29, 0.717) is 12.6 Å². The molecule has 0 heterocycles. The molecule has 1 saturated carbocycles. The van der Waals surface area contributed by atoms with Gasteiger partial charge >= 0.3 is 6.18 Å². The molecule has 5 heteroatoms. The van der Waals surface area contributed by atoms with Gasteiger partial charge in [-0.3, -0.25) is 4.90 Å². The van der Waals surface area contributed by atoms with Crippen LogP contribution < -0.4 is 5.32 Å². The highest BCUT2D eigenvalue weighted by Crippen LogP contribution is 2.19. The molecule has 0 saturated heterocycles. The minimum absolute atomic E-state index is 0.0590. The number of hydrogen-bond acceptors (Lipinski definition) is 2. The zero-order chi connectivity index (χ0) is 14.3. The SMILES string of the molecule is CC(C)N(CCCNC1CCCCC1)CC(F)(F)F. The maximum absolute atomic E-state index is 12.4. The van der Waals surface area contributed by atoms with E-state index in [-0.39, 0.29) is 6.04 Å². The molecular formula is C14H27F3N2. The van der Waals surface area contributed by atoms with E-state index < -0.39 is 12.7 Å². The number of nitrogens with one attached hydrogen (secondary N) is 1. The van der Waals surface area contributed by atoms with Gasteiger partial charge in [-0.15, -0.1) is 0 Å². The molecule has 1 N–H and O–H groups in total. The predicted molar refractivity (Wildman–Crippen MR) is 72.3 cm³/mol. The third kappa shape index (κ3) is 7.78. The first-order valence-electron chi connectivity index (χ1n) is 7.42. The van der Waals surface area contributed by atoms with Crippen LogP contribution in [0.2, 0.25) is 0 Å². The summed E-state index contributed by atoms with van der Waals surface area (Å²) in [7, 11) is 0. The minimum atomic E-state index is -4.10. The zero-order valence-corrected chi connectivity index (χ0v) is 12.1. The highest BCUT2D eigenvalue weighted by molar-refractivity contribution is 4.73. The van der Waals surface area contributed by atoms with Crippen LogP contribution in [0.25, 0.3) is 0 Å². The van der Waals surface area contributed by atoms with E-state index in [4.69, 9.17) is 0 Å². The van der Waals surface area contributed by atoms with E-state index in [1.165, 1.54) is 37.0 Å². The molecule has 114 valence electrons. The van der Waals surface area contributed by atoms with Crippen LogP contribution in [0.3, 0.4) is 0 Å². The van der Waals surface area contributed by atoms with Crippen molar-refractivity contribution in [3.63, 3.8) is 0 Å². The van der Waals surface area contributed by atoms with E-state index in [0.717, 1.165) is 13.0 Å². The molecular weight excluding hydrogens is 253 g/mol. The van der Waals surface area contributed by atoms with Gasteiger partial charge in [-0.2, -0.15) is 13.2 Å². The van der Waals surface area contributed by atoms with Crippen molar-refractivity contribution in [1.82, 2.24) is 10.2 Å². The standard InChI is InChI=1S/C14H27F3N2/c1-12(2)19(11-14(15,16)17)10-6-9-18-13-7-4-3-5-8-13/h12-13,18H,3-11H2,1-2H3. The fourth-order valence-corrected chi connectivity index (χ4v) is 2.65. The summed E-state index contributed by atoms with van der Waals surface area (Å²) in [6, 6.07) is 0.528. The van der Waals surface area contributed by atoms with Crippen LogP contribution in [0.1, 0.15) is 52.4 Å². The van der Waals surface area contributed by atoms with Gasteiger partial charge in [-0.1, -0.05) is 19.3 Å². The van der Waals surface area contributed by atoms with Crippen molar-refractivity contribution < 1.29 is 13.2 Å². The molecule has 2 nitrogen and oxygen atoms in total. The smallest absolute Gasteiger partial charge is 0.314 e. The summed E-state index contributed by atoms with van der Waals surface area (Å²) >= 11 is 0. The third-order valence-corrected chi connectivity index (χ3v) is 3.77. The molecule has 0 aromatic rings. The molecule has 0 aliphatic heterocycles. The van der Waals surface area contributed by atoms with Gasteiger partial charge in [0.1, 0.15) is 0 Å². The first-order valence-corrected chi connectivity index (χ1v) is 7.42. The lowest BCUT2D eigenvalue weighted by Crippen LogP contribution is -2.41. The Labute approximate surface area is 114 Å². The molecule has 0 spiro atoms. The van der Waals surface area contributed by atoms with E-state index in [1.807, 2.05) is 13.8 Å². The maximum Gasteiger partial charge on any atom is 0.401 e. The molecule has 0 radical (unpaired) electrons. The quantitative estimate of drug-likeness (QED) is 0.717. The monoisotopic (exact) mass is 280 g/mol. The van der Waals surface area contributed by atoms with Crippen LogP contribution in [-0.2, 0) is 0 Å². The lowest BCUT2D eigenvalue weighted by Gasteiger charge is -2.28. The number of rotatable bonds is 7. The molecule has 0 aromatic heterocycles. The fourth-order valence-electron chi connectivity index (χ4n) is 2.65. The first kappa shape index (κ1) is 16.8. The molecule has 0 aromatic carbocycles. The van der Waals surface area contributed by atoms with Crippen molar-refractivity contribution in [2.45, 2.75) is 70.6 Å². The highest BCUT2D eigenvalue weighted by atomic mass is 19.4. The molecule has 0 bridgehead atoms. The van der Waals surface area contributed by atoms with Crippen LogP contribution in [0.4, 0.5) is 13.2 Å². The van der Waals surface area contributed by atoms with Crippen molar-refractivity contribution in [1.29, 1.82) is 0 Å². The number of hydrogen-bond donors (Lipinski definition) is 1. The van der Waals surface area contributed by atoms with Crippen LogP contribution in [0.5, 0.6) is 0 Å². The summed E-state index contributed by atoms with van der Waals surface area (Å²) in [5, 5.41) is 3.47. The van der Waals surface area contributed by atoms with Crippen LogP contribution in [0, 0.1) is 0 Å². The maximum atomic E-state index is 12.4. The molecule has 1 aliphatic carbocycles. The molecule has 0 amide bonds. The molecule has 1 aliphatic rings. The first-order chi connectivity index (χ1) is 8.88. The lowest BCUT2D eigenvalue weighted by atomic mass is 9.95. The molecule has 1 fully saturated rings. The van der Waals surface area contributed by atoms with Gasteiger partial charge in [0.15, 0.2) is 0 Å². The second-order valence-electron chi connectivity index (χ2n) is 5.82. The zero-order valence-electron chi connectivity index (χ0n) is 12.1. The van der Waals surface area contributed by atoms with Gasteiger partial charge in [-0.25, -0.2) is 0 Å². The number of nitrogens with zero attached hydrogens (tertiary/aromatic N) is 1. The van der Waals surface area contributed by atoms with Crippen LogP contribution in [0.15, 0.2) is 0 Å². The van der Waals surface area contributed by atoms with Crippen molar-refractivity contribution in [3.05, 3.63) is 0 Å². The number of halogens is 3. The normalized spacial score (nSPS) is 18.5. The van der Waals surface area contributed by atoms with Crippen molar-refractivity contribution in [2.75, 3.05) is 19.6 Å². The van der Waals surface area contributed by atoms with Crippen molar-refractivity contribution in [3.8, 4) is 0 Å². The summed E-state index contributed by atoms with van der Waals surface area (Å²) in [6.07, 6.45) is 3.01. The second kappa shape index (κ2) is 8.10. The molecule has 0 atom stereocenters. The Morgan fingerprint density at radius 2 is 1.79 bits per heavy atom. The van der Waals surface area contributed by atoms with E-state index >= 15 is 0 Å². The number of alkyl halides is 3. The van der Waals surface area contributed by atoms with Gasteiger partial charge in [-0.05, 0) is 46.2 Å². The summed E-state index contributed by atoms with van der Waals surface area (Å²) in [5.74, 6) is 0. The third-order valence-electron chi connectivity index (χ3n) is 3.77. The summed E-state index contributed by atoms with van der Waals surface area (Å²) < 4.78 is 37.2. The Kier molecular flexibility index (Phi) is 7.15. The van der Waals surface area contributed by atoms with E-state index in [1.54, 1.807) is 0 Å². The van der Waals surface area contributed by atoms with Gasteiger partial charge in [0.05, 0.1) is 6.54 Å². The van der Waals surface area contributed by atoms with Crippen molar-refractivity contribution in [2.24, 2.45) is 0 Å². The largest absolute Gasteiger partial charge is 0.401 e. The highest BCUT2D eigenvalue weighted by Gasteiger charge is 2.31. The lowest BCUT2D eigenvalue weighted by molar-refractivity contribution is -0.149. The van der Waals surface area contributed by atoms with Gasteiger partial charge in [0.25, 0.3) is 0 Å². The Morgan fingerprint density at radius 3 is 2.32 bits per heavy atom. The van der Waals surface area contributed by atoms with Crippen LogP contribution >= 0.6 is 0 Å². The Bertz CT molecular complexity index is 235. The second-order valence-corrected chi connectivity index (χ2v) is 5.82. The summed E-state index contributed by atoms with van der Waals surface area (Å²) in [5.41, 5.74) is 0. The molecule has 1 rings (SSSR count). The topological polar surface area (TPSA) is 15.3 Å². The molecule has 19 heavy (non-hydrogen) atoms. The Balaban J connectivity index is 2.17. The van der Waals surface area contributed by atoms with E-state index in [9.17, 15) is 13.2 Å². The summed E-state index contributed by atoms with van der Waals surface area (Å²) in [4.78, 5) is 1.50. The Hall–Kier alpha value is -0.290. The average molecular weight is 280 g/mol. The van der Waals surface area contributed by atoms with Crippen LogP contribution in [-0.4, -0.2) is 42.8 Å². The summed E-state index contributed by atoms with van der Waals surface area (Å²) in [6.45, 7) is 4.18. The average Bonchev–Trinajstić information content (AvgIpc) is 2.32. The van der Waals surface area contributed by atoms with E-state index in [2.05, 4.69) is 5.32 Å². The van der Waals surface area contributed by atoms with Gasteiger partial charge < -0.3 is 5.32 Å². The van der Waals surface area contributed by atoms with Gasteiger partial charge in [0, 0.05) is 12.1 Å². The predicted octanol–water partition coefficient (Wildman–Crippen LogP) is 3.57. The minimum Gasteiger partial charge on any atom is -0.314 e. The fraction of sp³-hybridized carbons (Fsp3) is 1.00. The molecule has 0 unspecified atom stereocenters. The Morgan fingerprint density at radius 1 is 1.16 bits per heavy atom.